The fourth-order valence-electron chi connectivity index (χ4n) is 4.34. The maximum atomic E-state index is 12.3. The molecular weight excluding hydrogens is 334 g/mol. The predicted octanol–water partition coefficient (Wildman–Crippen LogP) is 2.81. The summed E-state index contributed by atoms with van der Waals surface area (Å²) < 4.78 is 0. The zero-order valence-electron chi connectivity index (χ0n) is 14.4. The average molecular weight is 359 g/mol. The van der Waals surface area contributed by atoms with E-state index in [1.165, 1.54) is 37.0 Å². The van der Waals surface area contributed by atoms with Gasteiger partial charge in [-0.1, -0.05) is 19.3 Å². The van der Waals surface area contributed by atoms with Crippen molar-refractivity contribution in [2.75, 3.05) is 11.9 Å². The molecule has 1 aromatic heterocycles. The lowest BCUT2D eigenvalue weighted by atomic mass is 9.86. The van der Waals surface area contributed by atoms with Crippen LogP contribution in [-0.4, -0.2) is 40.5 Å². The highest BCUT2D eigenvalue weighted by atomic mass is 32.1. The predicted molar refractivity (Wildman–Crippen MR) is 97.2 cm³/mol. The van der Waals surface area contributed by atoms with Crippen LogP contribution in [0.5, 0.6) is 0 Å². The van der Waals surface area contributed by atoms with Crippen LogP contribution in [0.3, 0.4) is 0 Å². The van der Waals surface area contributed by atoms with Crippen LogP contribution in [0.25, 0.3) is 0 Å². The number of carbonyl (C=O) groups is 1. The van der Waals surface area contributed by atoms with Crippen molar-refractivity contribution in [2.24, 2.45) is 0 Å². The molecular formula is C18H25N5OS. The summed E-state index contributed by atoms with van der Waals surface area (Å²) in [5.74, 6) is 0.907. The van der Waals surface area contributed by atoms with Crippen LogP contribution in [-0.2, 0) is 4.79 Å². The van der Waals surface area contributed by atoms with Crippen molar-refractivity contribution in [3.63, 3.8) is 0 Å². The first-order chi connectivity index (χ1) is 12.2. The molecule has 1 unspecified atom stereocenters. The minimum Gasteiger partial charge on any atom is -0.356 e. The summed E-state index contributed by atoms with van der Waals surface area (Å²) in [5, 5.41) is 15.9. The van der Waals surface area contributed by atoms with E-state index in [0.717, 1.165) is 24.5 Å². The molecule has 6 nitrogen and oxygen atoms in total. The van der Waals surface area contributed by atoms with Crippen LogP contribution in [0.15, 0.2) is 6.20 Å². The van der Waals surface area contributed by atoms with Crippen LogP contribution in [0, 0.1) is 11.5 Å². The van der Waals surface area contributed by atoms with Gasteiger partial charge in [0.05, 0.1) is 6.04 Å². The number of likely N-dealkylation sites (tertiary alicyclic amines) is 1. The lowest BCUT2D eigenvalue weighted by Crippen LogP contribution is -2.52. The summed E-state index contributed by atoms with van der Waals surface area (Å²) in [6, 6.07) is 0.687. The van der Waals surface area contributed by atoms with E-state index in [-0.39, 0.29) is 18.0 Å². The topological polar surface area (TPSA) is 81.1 Å². The van der Waals surface area contributed by atoms with Gasteiger partial charge in [0.2, 0.25) is 5.91 Å². The number of hydrogen-bond donors (Lipinski definition) is 2. The van der Waals surface area contributed by atoms with Crippen molar-refractivity contribution in [3.05, 3.63) is 11.1 Å². The summed E-state index contributed by atoms with van der Waals surface area (Å²) in [7, 11) is 0. The Morgan fingerprint density at radius 1 is 1.24 bits per heavy atom. The first-order valence-corrected chi connectivity index (χ1v) is 10.2. The van der Waals surface area contributed by atoms with E-state index in [1.54, 1.807) is 11.3 Å². The van der Waals surface area contributed by atoms with E-state index in [4.69, 9.17) is 5.26 Å². The van der Waals surface area contributed by atoms with Gasteiger partial charge in [0, 0.05) is 36.1 Å². The summed E-state index contributed by atoms with van der Waals surface area (Å²) >= 11 is 1.77. The Balaban J connectivity index is 1.30. The molecule has 4 rings (SSSR count). The smallest absolute Gasteiger partial charge is 0.225 e. The largest absolute Gasteiger partial charge is 0.356 e. The zero-order valence-corrected chi connectivity index (χ0v) is 15.2. The molecule has 3 fully saturated rings. The number of nitrogens with one attached hydrogen (secondary N) is 2. The number of rotatable bonds is 5. The zero-order chi connectivity index (χ0) is 17.2. The summed E-state index contributed by atoms with van der Waals surface area (Å²) in [4.78, 5) is 20.2. The third-order valence-corrected chi connectivity index (χ3v) is 6.93. The SMILES string of the molecule is N#CN[C@H]1C[C@H](N2CC(Nc3ncc(C4CCCCC4)s3)CC2=O)C1. The van der Waals surface area contributed by atoms with Crippen LogP contribution in [0.1, 0.15) is 62.2 Å². The number of carbonyl (C=O) groups excluding carboxylic acids is 1. The summed E-state index contributed by atoms with van der Waals surface area (Å²) in [6.07, 6.45) is 12.9. The van der Waals surface area contributed by atoms with Gasteiger partial charge in [-0.25, -0.2) is 4.98 Å². The van der Waals surface area contributed by atoms with Gasteiger partial charge >= 0.3 is 0 Å². The second-order valence-corrected chi connectivity index (χ2v) is 8.63. The molecule has 0 radical (unpaired) electrons. The molecule has 2 heterocycles. The van der Waals surface area contributed by atoms with E-state index in [1.807, 2.05) is 17.3 Å². The van der Waals surface area contributed by atoms with Gasteiger partial charge in [-0.2, -0.15) is 5.26 Å². The number of anilines is 1. The minimum absolute atomic E-state index is 0.154. The quantitative estimate of drug-likeness (QED) is 0.624. The Labute approximate surface area is 152 Å². The Kier molecular flexibility index (Phi) is 4.80. The molecule has 1 aliphatic heterocycles. The molecule has 1 atom stereocenters. The third-order valence-electron chi connectivity index (χ3n) is 5.84. The van der Waals surface area contributed by atoms with Gasteiger partial charge in [-0.05, 0) is 31.6 Å². The lowest BCUT2D eigenvalue weighted by molar-refractivity contribution is -0.131. The normalized spacial score (nSPS) is 30.0. The summed E-state index contributed by atoms with van der Waals surface area (Å²) in [5.41, 5.74) is 0. The molecule has 1 amide bonds. The van der Waals surface area contributed by atoms with Gasteiger partial charge < -0.3 is 15.5 Å². The van der Waals surface area contributed by atoms with Crippen molar-refractivity contribution >= 4 is 22.4 Å². The number of nitriles is 1. The fourth-order valence-corrected chi connectivity index (χ4v) is 5.40. The lowest BCUT2D eigenvalue weighted by Gasteiger charge is -2.40. The van der Waals surface area contributed by atoms with Crippen LogP contribution in [0.4, 0.5) is 5.13 Å². The monoisotopic (exact) mass is 359 g/mol. The second kappa shape index (κ2) is 7.20. The van der Waals surface area contributed by atoms with Crippen molar-refractivity contribution < 1.29 is 4.79 Å². The Morgan fingerprint density at radius 2 is 2.04 bits per heavy atom. The van der Waals surface area contributed by atoms with E-state index in [9.17, 15) is 4.79 Å². The van der Waals surface area contributed by atoms with Crippen molar-refractivity contribution in [2.45, 2.75) is 75.4 Å². The molecule has 0 bridgehead atoms. The van der Waals surface area contributed by atoms with Crippen LogP contribution in [0.2, 0.25) is 0 Å². The number of thiazole rings is 1. The van der Waals surface area contributed by atoms with Crippen LogP contribution >= 0.6 is 11.3 Å². The Hall–Kier alpha value is -1.81. The van der Waals surface area contributed by atoms with Crippen molar-refractivity contribution in [1.82, 2.24) is 15.2 Å². The van der Waals surface area contributed by atoms with Gasteiger partial charge in [0.25, 0.3) is 0 Å². The van der Waals surface area contributed by atoms with E-state index < -0.39 is 0 Å². The van der Waals surface area contributed by atoms with Gasteiger partial charge in [0.15, 0.2) is 11.3 Å². The maximum absolute atomic E-state index is 12.3. The fraction of sp³-hybridized carbons (Fsp3) is 0.722. The molecule has 2 saturated carbocycles. The molecule has 0 aromatic carbocycles. The molecule has 3 aliphatic rings. The third kappa shape index (κ3) is 3.59. The summed E-state index contributed by atoms with van der Waals surface area (Å²) in [6.45, 7) is 0.751. The van der Waals surface area contributed by atoms with Gasteiger partial charge in [-0.3, -0.25) is 4.79 Å². The highest BCUT2D eigenvalue weighted by Gasteiger charge is 2.41. The molecule has 2 N–H and O–H groups in total. The first kappa shape index (κ1) is 16.6. The minimum atomic E-state index is 0.154. The van der Waals surface area contributed by atoms with Crippen molar-refractivity contribution in [1.29, 1.82) is 5.26 Å². The number of hydrogen-bond acceptors (Lipinski definition) is 6. The number of nitrogens with zero attached hydrogens (tertiary/aromatic N) is 3. The van der Waals surface area contributed by atoms with Crippen LogP contribution < -0.4 is 10.6 Å². The molecule has 2 aliphatic carbocycles. The van der Waals surface area contributed by atoms with E-state index >= 15 is 0 Å². The molecule has 25 heavy (non-hydrogen) atoms. The molecule has 1 saturated heterocycles. The first-order valence-electron chi connectivity index (χ1n) is 9.39. The molecule has 134 valence electrons. The maximum Gasteiger partial charge on any atom is 0.225 e. The second-order valence-electron chi connectivity index (χ2n) is 7.57. The standard InChI is InChI=1S/C18H25N5OS/c19-11-21-13-6-15(7-13)23-10-14(8-17(23)24)22-18-20-9-16(25-18)12-4-2-1-3-5-12/h9,12-15,21H,1-8,10H2,(H,20,22)/t13-,14?,15-. The Bertz CT molecular complexity index is 657. The van der Waals surface area contributed by atoms with E-state index in [2.05, 4.69) is 15.6 Å². The molecule has 1 aromatic rings. The van der Waals surface area contributed by atoms with Crippen molar-refractivity contribution in [3.8, 4) is 6.19 Å². The van der Waals surface area contributed by atoms with E-state index in [0.29, 0.717) is 18.4 Å². The molecule has 0 spiro atoms. The molecule has 7 heteroatoms. The number of amides is 1. The van der Waals surface area contributed by atoms with Gasteiger partial charge in [0.1, 0.15) is 0 Å². The Morgan fingerprint density at radius 3 is 2.80 bits per heavy atom. The average Bonchev–Trinajstić information content (AvgIpc) is 3.19. The highest BCUT2D eigenvalue weighted by Crippen LogP contribution is 2.37. The highest BCUT2D eigenvalue weighted by molar-refractivity contribution is 7.15. The van der Waals surface area contributed by atoms with Gasteiger partial charge in [-0.15, -0.1) is 11.3 Å². The number of aromatic nitrogens is 1.